The van der Waals surface area contributed by atoms with Crippen LogP contribution in [0.25, 0.3) is 21.8 Å². The molecule has 0 fully saturated rings. The molecule has 3 aliphatic carbocycles. The number of anilines is 1. The van der Waals surface area contributed by atoms with Crippen molar-refractivity contribution in [1.29, 1.82) is 0 Å². The minimum absolute atomic E-state index is 0. The van der Waals surface area contributed by atoms with Gasteiger partial charge in [-0.2, -0.15) is 0 Å². The number of carbonyl (C=O) groups excluding carboxylic acids is 5. The molecule has 0 radical (unpaired) electrons. The minimum atomic E-state index is -2.98. The number of halogens is 7. The number of benzene rings is 4. The Bertz CT molecular complexity index is 5120. The number of pyridine rings is 3. The molecule has 0 saturated heterocycles. The van der Waals surface area contributed by atoms with E-state index >= 15 is 17.6 Å². The lowest BCUT2D eigenvalue weighted by atomic mass is 9.95. The van der Waals surface area contributed by atoms with Gasteiger partial charge in [-0.1, -0.05) is 130 Å². The molecule has 12 rings (SSSR count). The van der Waals surface area contributed by atoms with Gasteiger partial charge in [-0.3, -0.25) is 39.2 Å². The maximum Gasteiger partial charge on any atom is 0.408 e. The number of hydrogen-bond donors (Lipinski definition) is 6. The van der Waals surface area contributed by atoms with Crippen molar-refractivity contribution >= 4 is 81.4 Å². The molecule has 0 bridgehead atoms. The number of nitrogens with zero attached hydrogens (tertiary/aromatic N) is 10. The average Bonchev–Trinajstić information content (AvgIpc) is 0.828. The number of carbonyl (C=O) groups is 7. The molecule has 7 N–H and O–H groups in total. The van der Waals surface area contributed by atoms with Crippen molar-refractivity contribution in [1.82, 2.24) is 60.2 Å². The standard InChI is InChI=1S/C29H39F2N3O5.C28H35F2N5O3.C20H31F2N3O3.C13H15NO4.C8H5ClN2.2CH4/c1-37-19-18-34(21-29(30,31)16-14-24-13-12-23-10-6-7-11-25(23)32-24)17-15-26(27(35)38-2)33-28(36)39-20-22-8-4-3-5-9-22;1-38-17-16-35(18-28(29,30)14-12-21-11-10-20-6-2-4-8-23(20)33-21)15-13-25(27(36)37)34-26-22-7-3-5-9-24(22)31-19-32-26;1-28-13-12-25(11-9-17(23)19(26)27)14-20(21,22)10-8-16-7-6-15-4-2-3-5-18(15)24-16;1-10(16)12(7-8-15)14-13(17)18-9-11-5-3-2-4-6-11;9-8-6-3-1-2-4-7(6)10-5-11-8;;/h3-5,8-9,12-13,26H,6-7,10-11,14-21H2,1-2H3,(H,33,36);3,5,7,9-11,19,25H,2,4,6,8,12-18H2,1H3,(H,36,37)(H,31,32,34);6-7,17H,2-5,8-14,23H2,1H3,(H,26,27);2-6,8,12H,7,9H2,1H3,(H,14,17);1-5H;2*1H4/t26-;25-;17-;12-;;;/m0000.../s1. The van der Waals surface area contributed by atoms with Crippen molar-refractivity contribution in [2.75, 3.05) is 112 Å². The van der Waals surface area contributed by atoms with Gasteiger partial charge in [-0.25, -0.2) is 65.5 Å². The van der Waals surface area contributed by atoms with E-state index in [9.17, 15) is 47.4 Å². The predicted octanol–water partition coefficient (Wildman–Crippen LogP) is 16.0. The topological polar surface area (TPSA) is 377 Å². The first-order valence-corrected chi connectivity index (χ1v) is 45.5. The Labute approximate surface area is 797 Å². The number of nitrogens with two attached hydrogens (primary N) is 1. The largest absolute Gasteiger partial charge is 0.480 e. The van der Waals surface area contributed by atoms with Gasteiger partial charge in [0, 0.05) is 131 Å². The van der Waals surface area contributed by atoms with Crippen LogP contribution in [-0.2, 0) is 123 Å². The summed E-state index contributed by atoms with van der Waals surface area (Å²) in [4.78, 5) is 115. The smallest absolute Gasteiger partial charge is 0.408 e. The molecule has 5 aromatic heterocycles. The zero-order valence-corrected chi connectivity index (χ0v) is 77.5. The van der Waals surface area contributed by atoms with Crippen molar-refractivity contribution in [2.45, 2.75) is 218 Å². The van der Waals surface area contributed by atoms with Crippen LogP contribution < -0.4 is 21.7 Å². The van der Waals surface area contributed by atoms with Crippen LogP contribution in [0.5, 0.6) is 0 Å². The van der Waals surface area contributed by atoms with Crippen LogP contribution in [0.15, 0.2) is 158 Å². The van der Waals surface area contributed by atoms with Crippen LogP contribution in [0, 0.1) is 0 Å². The number of esters is 1. The Balaban J connectivity index is 0.000000274. The fraction of sp³-hybridized carbons (Fsp3) is 0.500. The van der Waals surface area contributed by atoms with E-state index < -0.39 is 91.7 Å². The second kappa shape index (κ2) is 60.3. The third-order valence-corrected chi connectivity index (χ3v) is 23.0. The number of Topliss-reactive ketones (excluding diaryl/α,β-unsaturated/α-hetero) is 1. The SMILES string of the molecule is C.C.CC(=O)[C@H](CC=O)NC(=O)OCc1ccccc1.COCCN(CC[C@H](N)C(=O)O)CC(F)(F)CCc1ccc2c(n1)CCCC2.COCCN(CC[C@H](NC(=O)OCc1ccccc1)C(=O)OC)CC(F)(F)CCc1ccc2c(n1)CCCC2.COCCN(CC[C@H](Nc1ncnc2ccccc12)C(=O)O)CC(F)(F)CCc1ccc2c(n1)CCCC2.Clc1ncnc2ccccc12. The Morgan fingerprint density at radius 3 is 1.24 bits per heavy atom. The van der Waals surface area contributed by atoms with E-state index in [1.54, 1.807) is 23.1 Å². The molecule has 3 aliphatic rings. The first-order chi connectivity index (χ1) is 64.4. The van der Waals surface area contributed by atoms with Crippen LogP contribution in [0.1, 0.15) is 167 Å². The van der Waals surface area contributed by atoms with E-state index in [1.165, 1.54) is 74.5 Å². The van der Waals surface area contributed by atoms with Crippen LogP contribution >= 0.6 is 11.6 Å². The summed E-state index contributed by atoms with van der Waals surface area (Å²) >= 11 is 5.81. The zero-order valence-electron chi connectivity index (χ0n) is 76.8. The van der Waals surface area contributed by atoms with Gasteiger partial charge in [0.1, 0.15) is 61.3 Å². The molecular weight excluding hydrogens is 1790 g/mol. The number of ketones is 1. The first-order valence-electron chi connectivity index (χ1n) is 45.1. The average molecular weight is 1920 g/mol. The number of carboxylic acids is 2. The first kappa shape index (κ1) is 113. The lowest BCUT2D eigenvalue weighted by molar-refractivity contribution is -0.143. The van der Waals surface area contributed by atoms with Crippen LogP contribution in [0.3, 0.4) is 0 Å². The Morgan fingerprint density at radius 1 is 0.471 bits per heavy atom. The molecule has 29 nitrogen and oxygen atoms in total. The number of aldehydes is 1. The number of aromatic nitrogens is 7. The molecule has 742 valence electrons. The number of aryl methyl sites for hydroxylation is 9. The molecule has 4 atom stereocenters. The molecule has 0 aliphatic heterocycles. The van der Waals surface area contributed by atoms with Crippen LogP contribution in [0.4, 0.5) is 41.7 Å². The van der Waals surface area contributed by atoms with E-state index in [-0.39, 0.29) is 144 Å². The molecular formula is C100H133ClF6N14O15. The molecule has 136 heavy (non-hydrogen) atoms. The Kier molecular flexibility index (Phi) is 50.3. The van der Waals surface area contributed by atoms with E-state index in [0.29, 0.717) is 58.4 Å². The number of amides is 2. The van der Waals surface area contributed by atoms with E-state index in [0.717, 1.165) is 116 Å². The molecule has 36 heteroatoms. The summed E-state index contributed by atoms with van der Waals surface area (Å²) in [6.45, 7) is 2.12. The fourth-order valence-corrected chi connectivity index (χ4v) is 15.3. The number of rotatable bonds is 47. The summed E-state index contributed by atoms with van der Waals surface area (Å²) in [5.41, 5.74) is 17.6. The molecule has 0 unspecified atom stereocenters. The number of ether oxygens (including phenoxy) is 6. The van der Waals surface area contributed by atoms with Gasteiger partial charge in [0.15, 0.2) is 5.78 Å². The van der Waals surface area contributed by atoms with E-state index in [1.807, 2.05) is 127 Å². The van der Waals surface area contributed by atoms with Gasteiger partial charge in [-0.15, -0.1) is 0 Å². The summed E-state index contributed by atoms with van der Waals surface area (Å²) in [6, 6.07) is 40.9. The number of para-hydroxylation sites is 2. The van der Waals surface area contributed by atoms with Gasteiger partial charge in [0.25, 0.3) is 17.8 Å². The highest BCUT2D eigenvalue weighted by Gasteiger charge is 2.36. The van der Waals surface area contributed by atoms with Gasteiger partial charge in [0.05, 0.1) is 63.6 Å². The molecule has 9 aromatic rings. The third kappa shape index (κ3) is 41.3. The van der Waals surface area contributed by atoms with Crippen molar-refractivity contribution in [3.8, 4) is 0 Å². The van der Waals surface area contributed by atoms with Gasteiger partial charge >= 0.3 is 30.1 Å². The summed E-state index contributed by atoms with van der Waals surface area (Å²) in [7, 11) is 5.72. The zero-order chi connectivity index (χ0) is 96.7. The minimum Gasteiger partial charge on any atom is -0.480 e. The van der Waals surface area contributed by atoms with Crippen molar-refractivity contribution in [2.24, 2.45) is 5.73 Å². The number of aliphatic carboxylic acids is 2. The number of methoxy groups -OCH3 is 4. The van der Waals surface area contributed by atoms with Crippen LogP contribution in [0.2, 0.25) is 5.15 Å². The van der Waals surface area contributed by atoms with Gasteiger partial charge < -0.3 is 65.1 Å². The highest BCUT2D eigenvalue weighted by Crippen LogP contribution is 2.31. The highest BCUT2D eigenvalue weighted by molar-refractivity contribution is 6.34. The Hall–Kier alpha value is -11.3. The summed E-state index contributed by atoms with van der Waals surface area (Å²) in [5, 5.41) is 28.6. The third-order valence-electron chi connectivity index (χ3n) is 22.7. The highest BCUT2D eigenvalue weighted by atomic mass is 35.5. The number of alkyl carbamates (subject to hydrolysis) is 2. The number of carboxylic acid groups (broad SMARTS) is 2. The lowest BCUT2D eigenvalue weighted by Gasteiger charge is -2.28. The van der Waals surface area contributed by atoms with Gasteiger partial charge in [-0.05, 0) is 193 Å². The number of hydrogen-bond acceptors (Lipinski definition) is 25. The van der Waals surface area contributed by atoms with Crippen molar-refractivity contribution in [3.05, 3.63) is 225 Å². The summed E-state index contributed by atoms with van der Waals surface area (Å²) in [6.07, 6.45) is 14.3. The van der Waals surface area contributed by atoms with Crippen LogP contribution in [-0.4, -0.2) is 251 Å². The van der Waals surface area contributed by atoms with E-state index in [4.69, 9.17) is 50.9 Å². The number of fused-ring (bicyclic) bond motifs is 5. The van der Waals surface area contributed by atoms with E-state index in [2.05, 4.69) is 50.8 Å². The normalized spacial score (nSPS) is 13.6. The molecule has 0 spiro atoms. The lowest BCUT2D eigenvalue weighted by Crippen LogP contribution is -2.46. The summed E-state index contributed by atoms with van der Waals surface area (Å²) < 4.78 is 120. The van der Waals surface area contributed by atoms with Crippen molar-refractivity contribution < 1.29 is 98.5 Å². The second-order valence-corrected chi connectivity index (χ2v) is 33.4. The predicted molar refractivity (Wildman–Crippen MR) is 510 cm³/mol. The molecule has 0 saturated carbocycles. The molecule has 2 amide bonds. The fourth-order valence-electron chi connectivity index (χ4n) is 15.1. The maximum absolute atomic E-state index is 15.1. The Morgan fingerprint density at radius 2 is 0.846 bits per heavy atom. The second-order valence-electron chi connectivity index (χ2n) is 33.0. The quantitative estimate of drug-likeness (QED) is 0.00678. The van der Waals surface area contributed by atoms with Crippen molar-refractivity contribution in [3.63, 3.8) is 0 Å². The number of alkyl halides is 6. The molecule has 5 heterocycles. The monoisotopic (exact) mass is 1920 g/mol. The summed E-state index contributed by atoms with van der Waals surface area (Å²) in [5.74, 6) is -11.6. The maximum atomic E-state index is 15.1. The van der Waals surface area contributed by atoms with Gasteiger partial charge in [0.2, 0.25) is 0 Å². The number of nitrogens with one attached hydrogen (secondary N) is 3. The molecule has 4 aromatic carbocycles.